The standard InChI is InChI=1S/C13H16FN3O5/c1-7-5-9(15)16-12(20)17(7)11-13(21,3-2-4-14)10(19)8(6-18)22-11/h5,8,10-11,18-19,21H,4,6H2,1H3,(H2,15,16,20)/t8?,10?,11-,13-/m1/s1. The smallest absolute Gasteiger partial charge is 0.351 e. The van der Waals surface area contributed by atoms with Gasteiger partial charge in [0.05, 0.1) is 6.61 Å². The summed E-state index contributed by atoms with van der Waals surface area (Å²) in [5.74, 6) is 4.15. The molecule has 4 atom stereocenters. The highest BCUT2D eigenvalue weighted by Gasteiger charge is 2.56. The molecule has 1 saturated heterocycles. The van der Waals surface area contributed by atoms with Gasteiger partial charge in [0.15, 0.2) is 11.8 Å². The number of nitrogens with two attached hydrogens (primary N) is 1. The van der Waals surface area contributed by atoms with E-state index in [-0.39, 0.29) is 5.82 Å². The van der Waals surface area contributed by atoms with Gasteiger partial charge in [0, 0.05) is 5.69 Å². The van der Waals surface area contributed by atoms with Gasteiger partial charge < -0.3 is 25.8 Å². The Labute approximate surface area is 125 Å². The maximum atomic E-state index is 12.3. The lowest BCUT2D eigenvalue weighted by Gasteiger charge is -2.27. The molecule has 0 spiro atoms. The van der Waals surface area contributed by atoms with Crippen LogP contribution in [0.1, 0.15) is 11.9 Å². The Bertz CT molecular complexity index is 682. The van der Waals surface area contributed by atoms with Crippen molar-refractivity contribution in [1.29, 1.82) is 0 Å². The third kappa shape index (κ3) is 2.57. The molecule has 0 amide bonds. The highest BCUT2D eigenvalue weighted by atomic mass is 19.1. The molecule has 0 radical (unpaired) electrons. The first-order valence-electron chi connectivity index (χ1n) is 6.43. The number of aliphatic hydroxyl groups excluding tert-OH is 2. The molecule has 1 aliphatic rings. The van der Waals surface area contributed by atoms with Crippen molar-refractivity contribution in [3.8, 4) is 11.8 Å². The highest BCUT2D eigenvalue weighted by molar-refractivity contribution is 5.30. The van der Waals surface area contributed by atoms with Crippen LogP contribution in [0.15, 0.2) is 10.9 Å². The Morgan fingerprint density at radius 1 is 1.64 bits per heavy atom. The van der Waals surface area contributed by atoms with Gasteiger partial charge in [-0.2, -0.15) is 4.98 Å². The Hall–Kier alpha value is -1.99. The molecule has 2 heterocycles. The molecule has 0 aliphatic carbocycles. The van der Waals surface area contributed by atoms with E-state index in [1.165, 1.54) is 13.0 Å². The number of aliphatic hydroxyl groups is 3. The van der Waals surface area contributed by atoms with E-state index < -0.39 is 43.0 Å². The van der Waals surface area contributed by atoms with E-state index in [4.69, 9.17) is 10.5 Å². The Balaban J connectivity index is 2.59. The molecule has 0 bridgehead atoms. The van der Waals surface area contributed by atoms with Crippen LogP contribution in [0.4, 0.5) is 10.2 Å². The first-order chi connectivity index (χ1) is 10.3. The topological polar surface area (TPSA) is 131 Å². The third-order valence-corrected chi connectivity index (χ3v) is 3.42. The number of nitrogen functional groups attached to an aromatic ring is 1. The molecule has 1 aliphatic heterocycles. The second-order valence-corrected chi connectivity index (χ2v) is 4.89. The fourth-order valence-corrected chi connectivity index (χ4v) is 2.40. The monoisotopic (exact) mass is 313 g/mol. The van der Waals surface area contributed by atoms with Gasteiger partial charge in [0.1, 0.15) is 24.7 Å². The van der Waals surface area contributed by atoms with E-state index >= 15 is 0 Å². The summed E-state index contributed by atoms with van der Waals surface area (Å²) >= 11 is 0. The molecule has 0 saturated carbocycles. The molecule has 0 aromatic carbocycles. The van der Waals surface area contributed by atoms with E-state index in [2.05, 4.69) is 10.9 Å². The fourth-order valence-electron chi connectivity index (χ4n) is 2.40. The summed E-state index contributed by atoms with van der Waals surface area (Å²) in [5.41, 5.74) is 2.66. The summed E-state index contributed by atoms with van der Waals surface area (Å²) in [5, 5.41) is 29.9. The fraction of sp³-hybridized carbons (Fsp3) is 0.538. The highest BCUT2D eigenvalue weighted by Crippen LogP contribution is 2.38. The number of aromatic nitrogens is 2. The molecule has 1 aromatic heterocycles. The minimum absolute atomic E-state index is 0.0191. The molecule has 120 valence electrons. The van der Waals surface area contributed by atoms with Gasteiger partial charge in [-0.3, -0.25) is 4.57 Å². The van der Waals surface area contributed by atoms with Crippen molar-refractivity contribution in [3.63, 3.8) is 0 Å². The zero-order valence-corrected chi connectivity index (χ0v) is 11.7. The molecular formula is C13H16FN3O5. The lowest BCUT2D eigenvalue weighted by molar-refractivity contribution is -0.0774. The number of anilines is 1. The van der Waals surface area contributed by atoms with Crippen LogP contribution in [0.25, 0.3) is 0 Å². The predicted molar refractivity (Wildman–Crippen MR) is 73.3 cm³/mol. The summed E-state index contributed by atoms with van der Waals surface area (Å²) < 4.78 is 18.6. The molecule has 2 rings (SSSR count). The van der Waals surface area contributed by atoms with E-state index in [9.17, 15) is 24.5 Å². The van der Waals surface area contributed by atoms with Crippen LogP contribution >= 0.6 is 0 Å². The minimum Gasteiger partial charge on any atom is -0.394 e. The Kier molecular flexibility index (Phi) is 4.48. The predicted octanol–water partition coefficient (Wildman–Crippen LogP) is -1.91. The van der Waals surface area contributed by atoms with Crippen molar-refractivity contribution < 1.29 is 24.4 Å². The molecule has 1 fully saturated rings. The minimum atomic E-state index is -2.27. The van der Waals surface area contributed by atoms with E-state index in [1.807, 2.05) is 5.92 Å². The normalized spacial score (nSPS) is 30.9. The van der Waals surface area contributed by atoms with Gasteiger partial charge in [-0.05, 0) is 13.0 Å². The molecule has 2 unspecified atom stereocenters. The van der Waals surface area contributed by atoms with Crippen LogP contribution in [0.2, 0.25) is 0 Å². The summed E-state index contributed by atoms with van der Waals surface area (Å²) in [6, 6.07) is 1.37. The molecule has 1 aromatic rings. The lowest BCUT2D eigenvalue weighted by atomic mass is 9.94. The zero-order valence-electron chi connectivity index (χ0n) is 11.7. The molecule has 5 N–H and O–H groups in total. The third-order valence-electron chi connectivity index (χ3n) is 3.42. The second kappa shape index (κ2) is 6.02. The van der Waals surface area contributed by atoms with Crippen LogP contribution < -0.4 is 11.4 Å². The Morgan fingerprint density at radius 3 is 2.86 bits per heavy atom. The summed E-state index contributed by atoms with van der Waals surface area (Å²) in [7, 11) is 0. The average molecular weight is 313 g/mol. The van der Waals surface area contributed by atoms with Crippen molar-refractivity contribution in [2.24, 2.45) is 0 Å². The van der Waals surface area contributed by atoms with Crippen molar-refractivity contribution in [1.82, 2.24) is 9.55 Å². The summed E-state index contributed by atoms with van der Waals surface area (Å²) in [6.45, 7) is -0.155. The first kappa shape index (κ1) is 16.4. The van der Waals surface area contributed by atoms with Gasteiger partial charge in [0.2, 0.25) is 0 Å². The van der Waals surface area contributed by atoms with Crippen molar-refractivity contribution >= 4 is 5.82 Å². The number of aryl methyl sites for hydroxylation is 1. The largest absolute Gasteiger partial charge is 0.394 e. The van der Waals surface area contributed by atoms with Crippen LogP contribution in [0, 0.1) is 18.8 Å². The van der Waals surface area contributed by atoms with Crippen LogP contribution in [-0.2, 0) is 4.74 Å². The molecule has 8 nitrogen and oxygen atoms in total. The van der Waals surface area contributed by atoms with E-state index in [1.54, 1.807) is 0 Å². The number of rotatable bonds is 2. The van der Waals surface area contributed by atoms with Gasteiger partial charge in [0.25, 0.3) is 0 Å². The van der Waals surface area contributed by atoms with Crippen LogP contribution in [0.5, 0.6) is 0 Å². The van der Waals surface area contributed by atoms with Crippen LogP contribution in [0.3, 0.4) is 0 Å². The van der Waals surface area contributed by atoms with Crippen molar-refractivity contribution in [3.05, 3.63) is 22.2 Å². The van der Waals surface area contributed by atoms with Gasteiger partial charge >= 0.3 is 5.69 Å². The summed E-state index contributed by atoms with van der Waals surface area (Å²) in [4.78, 5) is 15.6. The maximum Gasteiger partial charge on any atom is 0.351 e. The number of nitrogens with zero attached hydrogens (tertiary/aromatic N) is 2. The van der Waals surface area contributed by atoms with Crippen molar-refractivity contribution in [2.75, 3.05) is 19.0 Å². The summed E-state index contributed by atoms with van der Waals surface area (Å²) in [6.07, 6.45) is -4.28. The number of hydrogen-bond donors (Lipinski definition) is 4. The van der Waals surface area contributed by atoms with Crippen LogP contribution in [-0.4, -0.2) is 56.0 Å². The SMILES string of the molecule is Cc1cc(N)nc(=O)n1[C@@H]1OC(CO)C(O)[C@]1(O)C#CCF. The quantitative estimate of drug-likeness (QED) is 0.468. The Morgan fingerprint density at radius 2 is 2.32 bits per heavy atom. The van der Waals surface area contributed by atoms with Crippen molar-refractivity contribution in [2.45, 2.75) is 31.0 Å². The van der Waals surface area contributed by atoms with Gasteiger partial charge in [-0.25, -0.2) is 9.18 Å². The molecule has 9 heteroatoms. The first-order valence-corrected chi connectivity index (χ1v) is 6.43. The van der Waals surface area contributed by atoms with Gasteiger partial charge in [-0.15, -0.1) is 0 Å². The van der Waals surface area contributed by atoms with Gasteiger partial charge in [-0.1, -0.05) is 11.8 Å². The number of alkyl halides is 1. The molecule has 22 heavy (non-hydrogen) atoms. The number of halogens is 1. The second-order valence-electron chi connectivity index (χ2n) is 4.89. The van der Waals surface area contributed by atoms with E-state index in [0.29, 0.717) is 5.69 Å². The average Bonchev–Trinajstić information content (AvgIpc) is 2.69. The number of ether oxygens (including phenoxy) is 1. The molecular weight excluding hydrogens is 297 g/mol. The van der Waals surface area contributed by atoms with E-state index in [0.717, 1.165) is 4.57 Å². The number of hydrogen-bond acceptors (Lipinski definition) is 7. The zero-order chi connectivity index (χ0) is 16.5. The maximum absolute atomic E-state index is 12.3. The lowest BCUT2D eigenvalue weighted by Crippen LogP contribution is -2.48.